The lowest BCUT2D eigenvalue weighted by atomic mass is 9.80. The number of imidazole rings is 1. The molecule has 1 N–H and O–H groups in total. The summed E-state index contributed by atoms with van der Waals surface area (Å²) in [6.07, 6.45) is 7.15. The minimum Gasteiger partial charge on any atom is -0.465 e. The van der Waals surface area contributed by atoms with Crippen molar-refractivity contribution in [2.45, 2.75) is 64.6 Å². The number of carboxylic acid groups (broad SMARTS) is 1. The molecule has 2 aliphatic rings. The van der Waals surface area contributed by atoms with Gasteiger partial charge >= 0.3 is 12.1 Å². The summed E-state index contributed by atoms with van der Waals surface area (Å²) in [4.78, 5) is 28.9. The number of carbonyl (C=O) groups is 1. The highest BCUT2D eigenvalue weighted by Crippen LogP contribution is 2.36. The van der Waals surface area contributed by atoms with E-state index >= 15 is 0 Å². The molecular weight excluding hydrogens is 525 g/mol. The minimum absolute atomic E-state index is 0.0580. The molecule has 10 nitrogen and oxygen atoms in total. The lowest BCUT2D eigenvalue weighted by Gasteiger charge is -2.44. The number of amides is 1. The van der Waals surface area contributed by atoms with Gasteiger partial charge in [-0.3, -0.25) is 0 Å². The second kappa shape index (κ2) is 10.6. The van der Waals surface area contributed by atoms with E-state index in [9.17, 15) is 14.3 Å². The Bertz CT molecular complexity index is 1550. The zero-order valence-corrected chi connectivity index (χ0v) is 23.4. The first-order valence-electron chi connectivity index (χ1n) is 14.0. The molecule has 0 spiro atoms. The van der Waals surface area contributed by atoms with E-state index < -0.39 is 6.09 Å². The third-order valence-corrected chi connectivity index (χ3v) is 8.12. The Morgan fingerprint density at radius 3 is 2.59 bits per heavy atom. The van der Waals surface area contributed by atoms with E-state index in [1.165, 1.54) is 11.0 Å². The minimum atomic E-state index is -0.900. The van der Waals surface area contributed by atoms with Gasteiger partial charge in [0.15, 0.2) is 5.65 Å². The van der Waals surface area contributed by atoms with E-state index in [1.807, 2.05) is 39.0 Å². The van der Waals surface area contributed by atoms with Gasteiger partial charge in [-0.2, -0.15) is 0 Å². The Morgan fingerprint density at radius 1 is 1.05 bits per heavy atom. The summed E-state index contributed by atoms with van der Waals surface area (Å²) in [6.45, 7) is 7.37. The van der Waals surface area contributed by atoms with E-state index in [-0.39, 0.29) is 35.4 Å². The maximum atomic E-state index is 13.9. The quantitative estimate of drug-likeness (QED) is 0.337. The van der Waals surface area contributed by atoms with E-state index in [4.69, 9.17) is 9.84 Å². The van der Waals surface area contributed by atoms with Crippen LogP contribution < -0.4 is 9.64 Å². The van der Waals surface area contributed by atoms with Crippen molar-refractivity contribution in [3.05, 3.63) is 66.4 Å². The van der Waals surface area contributed by atoms with Crippen molar-refractivity contribution in [2.24, 2.45) is 5.41 Å². The second-order valence-corrected chi connectivity index (χ2v) is 11.9. The molecule has 2 saturated heterocycles. The number of hydrogen-bond acceptors (Lipinski definition) is 7. The Labute approximate surface area is 237 Å². The molecule has 3 aromatic heterocycles. The standard InChI is InChI=1S/C30H34FN7O3/c1-30(2,3)25-15-22(11-13-37(25)29(39)40)41-28-33-16-20(17-34-28)24-18-32-26-9-10-27(35-38(24)26)36-12-5-8-23(36)19-6-4-7-21(31)14-19/h4,6-7,9-10,14,16-18,22-23,25H,5,8,11-13,15H2,1-3H3,(H,39,40). The smallest absolute Gasteiger partial charge is 0.407 e. The van der Waals surface area contributed by atoms with Gasteiger partial charge in [-0.25, -0.2) is 28.7 Å². The molecule has 3 atom stereocenters. The molecule has 0 bridgehead atoms. The van der Waals surface area contributed by atoms with Gasteiger partial charge in [0.2, 0.25) is 0 Å². The number of aromatic nitrogens is 5. The van der Waals surface area contributed by atoms with Crippen LogP contribution in [0.2, 0.25) is 0 Å². The highest BCUT2D eigenvalue weighted by Gasteiger charge is 2.39. The summed E-state index contributed by atoms with van der Waals surface area (Å²) < 4.78 is 21.8. The summed E-state index contributed by atoms with van der Waals surface area (Å²) in [6, 6.07) is 10.8. The van der Waals surface area contributed by atoms with E-state index in [0.717, 1.165) is 42.0 Å². The molecule has 11 heteroatoms. The maximum absolute atomic E-state index is 13.9. The van der Waals surface area contributed by atoms with E-state index in [1.54, 1.807) is 35.2 Å². The molecule has 6 rings (SSSR count). The van der Waals surface area contributed by atoms with E-state index in [2.05, 4.69) is 19.9 Å². The molecule has 5 heterocycles. The number of hydrogen-bond donors (Lipinski definition) is 1. The fraction of sp³-hybridized carbons (Fsp3) is 0.433. The van der Waals surface area contributed by atoms with Crippen molar-refractivity contribution < 1.29 is 19.0 Å². The van der Waals surface area contributed by atoms with Crippen LogP contribution in [-0.2, 0) is 0 Å². The number of nitrogens with zero attached hydrogens (tertiary/aromatic N) is 7. The van der Waals surface area contributed by atoms with Crippen LogP contribution in [0.1, 0.15) is 58.1 Å². The SMILES string of the molecule is CC(C)(C)C1CC(Oc2ncc(-c3cnc4ccc(N5CCCC5c5cccc(F)c5)nn34)cn2)CCN1C(=O)O. The van der Waals surface area contributed by atoms with Crippen LogP contribution in [0.5, 0.6) is 6.01 Å². The summed E-state index contributed by atoms with van der Waals surface area (Å²) in [5.41, 5.74) is 2.92. The fourth-order valence-corrected chi connectivity index (χ4v) is 6.06. The van der Waals surface area contributed by atoms with Crippen LogP contribution in [0.15, 0.2) is 55.0 Å². The first-order valence-corrected chi connectivity index (χ1v) is 14.0. The number of likely N-dealkylation sites (tertiary alicyclic amines) is 1. The van der Waals surface area contributed by atoms with Crippen molar-refractivity contribution >= 4 is 17.6 Å². The van der Waals surface area contributed by atoms with Gasteiger partial charge < -0.3 is 19.6 Å². The number of benzene rings is 1. The largest absolute Gasteiger partial charge is 0.465 e. The Kier molecular flexibility index (Phi) is 6.96. The first kappa shape index (κ1) is 26.9. The predicted molar refractivity (Wildman–Crippen MR) is 151 cm³/mol. The molecule has 0 saturated carbocycles. The third kappa shape index (κ3) is 5.40. The number of fused-ring (bicyclic) bond motifs is 1. The summed E-state index contributed by atoms with van der Waals surface area (Å²) in [5.74, 6) is 0.562. The molecule has 0 aliphatic carbocycles. The number of piperidine rings is 1. The van der Waals surface area contributed by atoms with Crippen molar-refractivity contribution in [1.29, 1.82) is 0 Å². The lowest BCUT2D eigenvalue weighted by Crippen LogP contribution is -2.53. The Balaban J connectivity index is 1.20. The van der Waals surface area contributed by atoms with Crippen molar-refractivity contribution in [1.82, 2.24) is 29.5 Å². The number of ether oxygens (including phenoxy) is 1. The molecule has 1 aromatic carbocycles. The molecule has 3 unspecified atom stereocenters. The van der Waals surface area contributed by atoms with Crippen LogP contribution in [0.25, 0.3) is 16.9 Å². The van der Waals surface area contributed by atoms with Crippen LogP contribution in [-0.4, -0.2) is 65.9 Å². The van der Waals surface area contributed by atoms with Crippen LogP contribution in [0.3, 0.4) is 0 Å². The van der Waals surface area contributed by atoms with Crippen LogP contribution >= 0.6 is 0 Å². The normalized spacial score (nSPS) is 21.4. The average Bonchev–Trinajstić information content (AvgIpc) is 3.60. The first-order chi connectivity index (χ1) is 19.7. The van der Waals surface area contributed by atoms with Gasteiger partial charge in [0.25, 0.3) is 0 Å². The fourth-order valence-electron chi connectivity index (χ4n) is 6.06. The van der Waals surface area contributed by atoms with Gasteiger partial charge in [-0.15, -0.1) is 5.10 Å². The van der Waals surface area contributed by atoms with E-state index in [0.29, 0.717) is 25.0 Å². The molecular formula is C30H34FN7O3. The lowest BCUT2D eigenvalue weighted by molar-refractivity contribution is 0.0102. The number of anilines is 1. The summed E-state index contributed by atoms with van der Waals surface area (Å²) in [5, 5.41) is 14.5. The summed E-state index contributed by atoms with van der Waals surface area (Å²) >= 11 is 0. The Hall–Kier alpha value is -4.28. The van der Waals surface area contributed by atoms with Gasteiger partial charge in [0.05, 0.1) is 17.9 Å². The summed E-state index contributed by atoms with van der Waals surface area (Å²) in [7, 11) is 0. The molecule has 2 aliphatic heterocycles. The van der Waals surface area contributed by atoms with Crippen molar-refractivity contribution in [2.75, 3.05) is 18.0 Å². The molecule has 1 amide bonds. The molecule has 2 fully saturated rings. The average molecular weight is 560 g/mol. The Morgan fingerprint density at radius 2 is 1.85 bits per heavy atom. The number of rotatable bonds is 5. The topological polar surface area (TPSA) is 109 Å². The molecule has 4 aromatic rings. The molecule has 214 valence electrons. The zero-order chi connectivity index (χ0) is 28.7. The third-order valence-electron chi connectivity index (χ3n) is 8.12. The zero-order valence-electron chi connectivity index (χ0n) is 23.4. The van der Waals surface area contributed by atoms with Crippen molar-refractivity contribution in [3.8, 4) is 17.3 Å². The maximum Gasteiger partial charge on any atom is 0.407 e. The molecule has 0 radical (unpaired) electrons. The highest BCUT2D eigenvalue weighted by molar-refractivity contribution is 5.66. The molecule has 41 heavy (non-hydrogen) atoms. The van der Waals surface area contributed by atoms with Crippen molar-refractivity contribution in [3.63, 3.8) is 0 Å². The van der Waals surface area contributed by atoms with Crippen LogP contribution in [0, 0.1) is 11.2 Å². The van der Waals surface area contributed by atoms with Crippen LogP contribution in [0.4, 0.5) is 15.0 Å². The monoisotopic (exact) mass is 559 g/mol. The predicted octanol–water partition coefficient (Wildman–Crippen LogP) is 5.60. The number of halogens is 1. The van der Waals surface area contributed by atoms with Gasteiger partial charge in [-0.05, 0) is 48.1 Å². The van der Waals surface area contributed by atoms with Gasteiger partial charge in [0, 0.05) is 49.9 Å². The van der Waals surface area contributed by atoms with Gasteiger partial charge in [0.1, 0.15) is 17.7 Å². The highest BCUT2D eigenvalue weighted by atomic mass is 19.1. The van der Waals surface area contributed by atoms with Gasteiger partial charge in [-0.1, -0.05) is 32.9 Å². The second-order valence-electron chi connectivity index (χ2n) is 11.9.